The van der Waals surface area contributed by atoms with Crippen LogP contribution in [0.1, 0.15) is 60.0 Å². The van der Waals surface area contributed by atoms with Crippen LogP contribution in [0.15, 0.2) is 0 Å². The van der Waals surface area contributed by atoms with Gasteiger partial charge in [-0.25, -0.2) is 4.98 Å². The van der Waals surface area contributed by atoms with Crippen molar-refractivity contribution in [2.75, 3.05) is 0 Å². The van der Waals surface area contributed by atoms with E-state index >= 15 is 0 Å². The maximum Gasteiger partial charge on any atom is 0.0962 e. The summed E-state index contributed by atoms with van der Waals surface area (Å²) in [6, 6.07) is 0. The van der Waals surface area contributed by atoms with Crippen LogP contribution >= 0.6 is 11.3 Å². The van der Waals surface area contributed by atoms with Gasteiger partial charge in [0.25, 0.3) is 0 Å². The monoisotopic (exact) mass is 222 g/mol. The second-order valence-corrected chi connectivity index (χ2v) is 6.13. The summed E-state index contributed by atoms with van der Waals surface area (Å²) >= 11 is 1.89. The van der Waals surface area contributed by atoms with Crippen molar-refractivity contribution in [3.8, 4) is 0 Å². The van der Waals surface area contributed by atoms with E-state index in [0.29, 0.717) is 0 Å². The lowest BCUT2D eigenvalue weighted by Gasteiger charge is -2.05. The van der Waals surface area contributed by atoms with Gasteiger partial charge in [-0.3, -0.25) is 0 Å². The molecule has 2 aliphatic carbocycles. The smallest absolute Gasteiger partial charge is 0.0962 e. The third-order valence-corrected chi connectivity index (χ3v) is 5.30. The van der Waals surface area contributed by atoms with Crippen LogP contribution in [0.4, 0.5) is 0 Å². The van der Waals surface area contributed by atoms with Crippen LogP contribution in [-0.2, 0) is 5.54 Å². The summed E-state index contributed by atoms with van der Waals surface area (Å²) in [5.74, 6) is 0.741. The van der Waals surface area contributed by atoms with Crippen LogP contribution in [0, 0.1) is 6.92 Å². The van der Waals surface area contributed by atoms with Crippen molar-refractivity contribution >= 4 is 11.3 Å². The van der Waals surface area contributed by atoms with Gasteiger partial charge in [0.15, 0.2) is 0 Å². The Morgan fingerprint density at radius 1 is 1.33 bits per heavy atom. The van der Waals surface area contributed by atoms with E-state index in [1.165, 1.54) is 41.3 Å². The number of hydrogen-bond donors (Lipinski definition) is 1. The molecule has 2 aliphatic rings. The van der Waals surface area contributed by atoms with Crippen molar-refractivity contribution in [1.82, 2.24) is 4.98 Å². The highest BCUT2D eigenvalue weighted by molar-refractivity contribution is 7.12. The van der Waals surface area contributed by atoms with Gasteiger partial charge >= 0.3 is 0 Å². The maximum atomic E-state index is 6.25. The Morgan fingerprint density at radius 3 is 2.60 bits per heavy atom. The molecule has 3 heteroatoms. The minimum Gasteiger partial charge on any atom is -0.321 e. The molecule has 0 saturated heterocycles. The standard InChI is InChI=1S/C12H18N2S/c1-8-10(12(13)6-7-12)15-11(14-8)9-4-2-3-5-9/h9H,2-7,13H2,1H3. The normalized spacial score (nSPS) is 24.7. The van der Waals surface area contributed by atoms with Gasteiger partial charge in [0, 0.05) is 10.8 Å². The van der Waals surface area contributed by atoms with Gasteiger partial charge < -0.3 is 5.73 Å². The molecule has 82 valence electrons. The summed E-state index contributed by atoms with van der Waals surface area (Å²) in [7, 11) is 0. The number of nitrogens with two attached hydrogens (primary N) is 1. The Hall–Kier alpha value is -0.410. The molecule has 0 radical (unpaired) electrons. The number of nitrogens with zero attached hydrogens (tertiary/aromatic N) is 1. The van der Waals surface area contributed by atoms with Gasteiger partial charge in [-0.05, 0) is 32.6 Å². The fraction of sp³-hybridized carbons (Fsp3) is 0.750. The third-order valence-electron chi connectivity index (χ3n) is 3.76. The first-order chi connectivity index (χ1) is 7.19. The third kappa shape index (κ3) is 1.62. The Labute approximate surface area is 94.9 Å². The van der Waals surface area contributed by atoms with Crippen molar-refractivity contribution in [1.29, 1.82) is 0 Å². The first-order valence-electron chi connectivity index (χ1n) is 5.96. The minimum absolute atomic E-state index is 0.0125. The molecule has 3 rings (SSSR count). The fourth-order valence-corrected chi connectivity index (χ4v) is 3.98. The van der Waals surface area contributed by atoms with Gasteiger partial charge in [-0.2, -0.15) is 0 Å². The molecular formula is C12H18N2S. The van der Waals surface area contributed by atoms with Crippen LogP contribution in [0.5, 0.6) is 0 Å². The van der Waals surface area contributed by atoms with Gasteiger partial charge in [0.2, 0.25) is 0 Å². The molecule has 0 aromatic carbocycles. The van der Waals surface area contributed by atoms with E-state index in [9.17, 15) is 0 Å². The largest absolute Gasteiger partial charge is 0.321 e. The summed E-state index contributed by atoms with van der Waals surface area (Å²) in [5, 5.41) is 1.36. The Balaban J connectivity index is 1.90. The number of aryl methyl sites for hydroxylation is 1. The van der Waals surface area contributed by atoms with Crippen molar-refractivity contribution in [2.24, 2.45) is 5.73 Å². The molecule has 0 amide bonds. The summed E-state index contributed by atoms with van der Waals surface area (Å²) in [4.78, 5) is 6.10. The number of thiazole rings is 1. The second kappa shape index (κ2) is 3.29. The predicted octanol–water partition coefficient (Wildman–Crippen LogP) is 3.06. The molecule has 1 aromatic heterocycles. The Bertz CT molecular complexity index is 373. The van der Waals surface area contributed by atoms with Crippen LogP contribution in [0.2, 0.25) is 0 Å². The van der Waals surface area contributed by atoms with Gasteiger partial charge in [0.05, 0.1) is 16.2 Å². The van der Waals surface area contributed by atoms with Gasteiger partial charge in [0.1, 0.15) is 0 Å². The number of rotatable bonds is 2. The van der Waals surface area contributed by atoms with Crippen LogP contribution in [0.3, 0.4) is 0 Å². The molecule has 0 unspecified atom stereocenters. The lowest BCUT2D eigenvalue weighted by atomic mass is 10.1. The number of aromatic nitrogens is 1. The average molecular weight is 222 g/mol. The summed E-state index contributed by atoms with van der Waals surface area (Å²) in [6.45, 7) is 2.12. The molecule has 1 heterocycles. The quantitative estimate of drug-likeness (QED) is 0.835. The summed E-state index contributed by atoms with van der Waals surface area (Å²) < 4.78 is 0. The lowest BCUT2D eigenvalue weighted by Crippen LogP contribution is -2.18. The highest BCUT2D eigenvalue weighted by Gasteiger charge is 2.43. The van der Waals surface area contributed by atoms with E-state index in [1.54, 1.807) is 0 Å². The molecule has 2 nitrogen and oxygen atoms in total. The molecular weight excluding hydrogens is 204 g/mol. The summed E-state index contributed by atoms with van der Waals surface area (Å²) in [5.41, 5.74) is 7.46. The van der Waals surface area contributed by atoms with E-state index in [0.717, 1.165) is 18.8 Å². The molecule has 0 atom stereocenters. The van der Waals surface area contributed by atoms with E-state index in [2.05, 4.69) is 6.92 Å². The van der Waals surface area contributed by atoms with Crippen LogP contribution in [0.25, 0.3) is 0 Å². The van der Waals surface area contributed by atoms with Crippen molar-refractivity contribution in [3.63, 3.8) is 0 Å². The first-order valence-corrected chi connectivity index (χ1v) is 6.77. The fourth-order valence-electron chi connectivity index (χ4n) is 2.59. The van der Waals surface area contributed by atoms with Crippen LogP contribution in [-0.4, -0.2) is 4.98 Å². The van der Waals surface area contributed by atoms with E-state index in [-0.39, 0.29) is 5.54 Å². The zero-order chi connectivity index (χ0) is 10.5. The number of hydrogen-bond acceptors (Lipinski definition) is 3. The molecule has 2 fully saturated rings. The maximum absolute atomic E-state index is 6.25. The first kappa shape index (κ1) is 9.79. The minimum atomic E-state index is 0.0125. The summed E-state index contributed by atoms with van der Waals surface area (Å²) in [6.07, 6.45) is 7.74. The SMILES string of the molecule is Cc1nc(C2CCCC2)sc1C1(N)CC1. The van der Waals surface area contributed by atoms with E-state index in [1.807, 2.05) is 11.3 Å². The van der Waals surface area contributed by atoms with Crippen molar-refractivity contribution in [3.05, 3.63) is 15.6 Å². The molecule has 0 bridgehead atoms. The van der Waals surface area contributed by atoms with Gasteiger partial charge in [-0.15, -0.1) is 11.3 Å². The molecule has 15 heavy (non-hydrogen) atoms. The molecule has 0 spiro atoms. The zero-order valence-corrected chi connectivity index (χ0v) is 10.1. The highest BCUT2D eigenvalue weighted by atomic mass is 32.1. The van der Waals surface area contributed by atoms with Crippen molar-refractivity contribution < 1.29 is 0 Å². The highest BCUT2D eigenvalue weighted by Crippen LogP contribution is 2.48. The predicted molar refractivity (Wildman–Crippen MR) is 63.2 cm³/mol. The van der Waals surface area contributed by atoms with Crippen molar-refractivity contribution in [2.45, 2.75) is 56.9 Å². The van der Waals surface area contributed by atoms with Gasteiger partial charge in [-0.1, -0.05) is 12.8 Å². The zero-order valence-electron chi connectivity index (χ0n) is 9.25. The average Bonchev–Trinajstić information content (AvgIpc) is 2.73. The van der Waals surface area contributed by atoms with E-state index in [4.69, 9.17) is 10.7 Å². The topological polar surface area (TPSA) is 38.9 Å². The second-order valence-electron chi connectivity index (χ2n) is 5.10. The molecule has 1 aromatic rings. The Morgan fingerprint density at radius 2 is 2.00 bits per heavy atom. The molecule has 2 saturated carbocycles. The molecule has 0 aliphatic heterocycles. The van der Waals surface area contributed by atoms with Crippen LogP contribution < -0.4 is 5.73 Å². The molecule has 2 N–H and O–H groups in total. The lowest BCUT2D eigenvalue weighted by molar-refractivity contribution is 0.712. The Kier molecular flexibility index (Phi) is 2.15. The van der Waals surface area contributed by atoms with E-state index < -0.39 is 0 Å².